The van der Waals surface area contributed by atoms with Crippen LogP contribution in [0.4, 0.5) is 5.82 Å². The summed E-state index contributed by atoms with van der Waals surface area (Å²) in [4.78, 5) is 1.01. The van der Waals surface area contributed by atoms with Crippen LogP contribution in [0, 0.1) is 0 Å². The first kappa shape index (κ1) is 13.1. The van der Waals surface area contributed by atoms with Crippen LogP contribution in [0.2, 0.25) is 0 Å². The minimum Gasteiger partial charge on any atom is -0.384 e. The Kier molecular flexibility index (Phi) is 3.18. The molecule has 1 saturated heterocycles. The minimum absolute atomic E-state index is 0.129. The zero-order chi connectivity index (χ0) is 13.6. The van der Waals surface area contributed by atoms with Crippen molar-refractivity contribution in [2.75, 3.05) is 17.2 Å². The first-order valence-corrected chi connectivity index (χ1v) is 9.24. The van der Waals surface area contributed by atoms with E-state index in [9.17, 15) is 8.42 Å². The zero-order valence-electron chi connectivity index (χ0n) is 9.91. The molecule has 2 N–H and O–H groups in total. The normalized spacial score (nSPS) is 21.8. The van der Waals surface area contributed by atoms with E-state index in [-0.39, 0.29) is 17.5 Å². The van der Waals surface area contributed by atoms with E-state index < -0.39 is 9.84 Å². The largest absolute Gasteiger partial charge is 0.384 e. The molecule has 1 unspecified atom stereocenters. The summed E-state index contributed by atoms with van der Waals surface area (Å²) in [5.41, 5.74) is 6.74. The summed E-state index contributed by atoms with van der Waals surface area (Å²) >= 11 is 5.03. The van der Waals surface area contributed by atoms with Gasteiger partial charge in [0, 0.05) is 10.5 Å². The number of sulfone groups is 1. The maximum absolute atomic E-state index is 11.5. The quantitative estimate of drug-likeness (QED) is 0.889. The van der Waals surface area contributed by atoms with Crippen LogP contribution in [-0.2, 0) is 9.84 Å². The maximum Gasteiger partial charge on any atom is 0.152 e. The van der Waals surface area contributed by atoms with Crippen molar-refractivity contribution < 1.29 is 8.42 Å². The average Bonchev–Trinajstić information content (AvgIpc) is 2.98. The molecule has 0 amide bonds. The van der Waals surface area contributed by atoms with Crippen LogP contribution in [0.1, 0.15) is 12.5 Å². The predicted molar refractivity (Wildman–Crippen MR) is 80.0 cm³/mol. The van der Waals surface area contributed by atoms with Gasteiger partial charge < -0.3 is 5.73 Å². The molecule has 8 heteroatoms. The number of nitrogens with two attached hydrogens (primary N) is 1. The van der Waals surface area contributed by atoms with E-state index in [0.717, 1.165) is 15.0 Å². The highest BCUT2D eigenvalue weighted by Gasteiger charge is 2.31. The fourth-order valence-corrected chi connectivity index (χ4v) is 5.48. The monoisotopic (exact) mass is 361 g/mol. The molecule has 0 aliphatic carbocycles. The Balaban J connectivity index is 1.97. The SMILES string of the molecule is Nc1cc(-c2sccc2Br)nn1C1CCS(=O)(=O)C1. The highest BCUT2D eigenvalue weighted by atomic mass is 79.9. The van der Waals surface area contributed by atoms with E-state index in [1.165, 1.54) is 0 Å². The topological polar surface area (TPSA) is 78.0 Å². The summed E-state index contributed by atoms with van der Waals surface area (Å²) in [6.07, 6.45) is 0.583. The molecule has 0 bridgehead atoms. The van der Waals surface area contributed by atoms with E-state index >= 15 is 0 Å². The van der Waals surface area contributed by atoms with Gasteiger partial charge in [-0.2, -0.15) is 5.10 Å². The fourth-order valence-electron chi connectivity index (χ4n) is 2.26. The van der Waals surface area contributed by atoms with Crippen LogP contribution in [0.5, 0.6) is 0 Å². The number of hydrogen-bond acceptors (Lipinski definition) is 5. The molecule has 3 rings (SSSR count). The number of thiophene rings is 1. The lowest BCUT2D eigenvalue weighted by Gasteiger charge is -2.09. The second kappa shape index (κ2) is 4.60. The molecular weight excluding hydrogens is 350 g/mol. The van der Waals surface area contributed by atoms with Crippen LogP contribution in [0.3, 0.4) is 0 Å². The van der Waals surface area contributed by atoms with Crippen molar-refractivity contribution in [2.24, 2.45) is 0 Å². The molecule has 0 aromatic carbocycles. The van der Waals surface area contributed by atoms with Gasteiger partial charge in [0.1, 0.15) is 11.5 Å². The third-order valence-corrected chi connectivity index (χ3v) is 6.78. The fraction of sp³-hybridized carbons (Fsp3) is 0.364. The van der Waals surface area contributed by atoms with Crippen molar-refractivity contribution in [2.45, 2.75) is 12.5 Å². The molecule has 5 nitrogen and oxygen atoms in total. The molecule has 1 atom stereocenters. The molecule has 0 saturated carbocycles. The zero-order valence-corrected chi connectivity index (χ0v) is 13.1. The van der Waals surface area contributed by atoms with Crippen LogP contribution in [-0.4, -0.2) is 29.7 Å². The van der Waals surface area contributed by atoms with Crippen LogP contribution < -0.4 is 5.73 Å². The lowest BCUT2D eigenvalue weighted by molar-refractivity contribution is 0.508. The summed E-state index contributed by atoms with van der Waals surface area (Å²) in [5.74, 6) is 0.858. The number of anilines is 1. The Morgan fingerprint density at radius 3 is 2.89 bits per heavy atom. The Morgan fingerprint density at radius 2 is 2.32 bits per heavy atom. The lowest BCUT2D eigenvalue weighted by Crippen LogP contribution is -2.14. The van der Waals surface area contributed by atoms with Crippen molar-refractivity contribution >= 4 is 42.9 Å². The number of aromatic nitrogens is 2. The molecular formula is C11H12BrN3O2S2. The van der Waals surface area contributed by atoms with Crippen molar-refractivity contribution in [1.29, 1.82) is 0 Å². The van der Waals surface area contributed by atoms with Gasteiger partial charge in [-0.3, -0.25) is 0 Å². The van der Waals surface area contributed by atoms with Gasteiger partial charge in [0.2, 0.25) is 0 Å². The van der Waals surface area contributed by atoms with Crippen molar-refractivity contribution in [3.63, 3.8) is 0 Å². The maximum atomic E-state index is 11.5. The number of rotatable bonds is 2. The molecule has 0 spiro atoms. The number of nitrogens with zero attached hydrogens (tertiary/aromatic N) is 2. The molecule has 1 fully saturated rings. The van der Waals surface area contributed by atoms with Gasteiger partial charge in [-0.05, 0) is 33.8 Å². The lowest BCUT2D eigenvalue weighted by atomic mass is 10.3. The van der Waals surface area contributed by atoms with E-state index in [2.05, 4.69) is 21.0 Å². The molecule has 3 heterocycles. The van der Waals surface area contributed by atoms with E-state index in [4.69, 9.17) is 5.73 Å². The first-order chi connectivity index (χ1) is 8.96. The standard InChI is InChI=1S/C11H12BrN3O2S2/c12-8-1-3-18-11(8)9-5-10(13)15(14-9)7-2-4-19(16,17)6-7/h1,3,5,7H,2,4,6,13H2. The van der Waals surface area contributed by atoms with Gasteiger partial charge >= 0.3 is 0 Å². The summed E-state index contributed by atoms with van der Waals surface area (Å²) in [6.45, 7) is 0. The highest BCUT2D eigenvalue weighted by molar-refractivity contribution is 9.10. The van der Waals surface area contributed by atoms with E-state index in [0.29, 0.717) is 12.2 Å². The van der Waals surface area contributed by atoms with Crippen LogP contribution in [0.15, 0.2) is 22.0 Å². The third-order valence-electron chi connectivity index (χ3n) is 3.17. The Morgan fingerprint density at radius 1 is 1.53 bits per heavy atom. The van der Waals surface area contributed by atoms with Crippen molar-refractivity contribution in [3.8, 4) is 10.6 Å². The molecule has 0 radical (unpaired) electrons. The molecule has 102 valence electrons. The third kappa shape index (κ3) is 2.44. The van der Waals surface area contributed by atoms with Crippen LogP contribution in [0.25, 0.3) is 10.6 Å². The van der Waals surface area contributed by atoms with Gasteiger partial charge in [0.15, 0.2) is 9.84 Å². The Bertz CT molecular complexity index is 720. The second-order valence-electron chi connectivity index (χ2n) is 4.55. The smallest absolute Gasteiger partial charge is 0.152 e. The summed E-state index contributed by atoms with van der Waals surface area (Å²) in [6, 6.07) is 3.61. The highest BCUT2D eigenvalue weighted by Crippen LogP contribution is 2.35. The molecule has 1 aliphatic rings. The minimum atomic E-state index is -2.94. The first-order valence-electron chi connectivity index (χ1n) is 5.75. The molecule has 1 aliphatic heterocycles. The Labute approximate surface area is 123 Å². The predicted octanol–water partition coefficient (Wildman–Crippen LogP) is 2.32. The Hall–Kier alpha value is -0.860. The van der Waals surface area contributed by atoms with Gasteiger partial charge in [-0.1, -0.05) is 0 Å². The average molecular weight is 362 g/mol. The summed E-state index contributed by atoms with van der Waals surface area (Å²) in [5, 5.41) is 6.44. The van der Waals surface area contributed by atoms with Gasteiger partial charge in [-0.25, -0.2) is 13.1 Å². The summed E-state index contributed by atoms with van der Waals surface area (Å²) in [7, 11) is -2.94. The number of nitrogen functional groups attached to an aromatic ring is 1. The molecule has 19 heavy (non-hydrogen) atoms. The van der Waals surface area contributed by atoms with Gasteiger partial charge in [0.25, 0.3) is 0 Å². The van der Waals surface area contributed by atoms with Crippen molar-refractivity contribution in [3.05, 3.63) is 22.0 Å². The number of hydrogen-bond donors (Lipinski definition) is 1. The number of halogens is 1. The molecule has 2 aromatic rings. The molecule has 2 aromatic heterocycles. The van der Waals surface area contributed by atoms with Crippen molar-refractivity contribution in [1.82, 2.24) is 9.78 Å². The van der Waals surface area contributed by atoms with E-state index in [1.807, 2.05) is 11.4 Å². The van der Waals surface area contributed by atoms with E-state index in [1.54, 1.807) is 22.1 Å². The van der Waals surface area contributed by atoms with Gasteiger partial charge in [-0.15, -0.1) is 11.3 Å². The van der Waals surface area contributed by atoms with Gasteiger partial charge in [0.05, 0.1) is 22.4 Å². The summed E-state index contributed by atoms with van der Waals surface area (Å²) < 4.78 is 25.7. The van der Waals surface area contributed by atoms with Crippen LogP contribution >= 0.6 is 27.3 Å². The second-order valence-corrected chi connectivity index (χ2v) is 8.55.